The lowest BCUT2D eigenvalue weighted by molar-refractivity contribution is -0.168. The minimum atomic E-state index is -3.14. The SMILES string of the molecule is CC1(O)CCOC2(CCN(S(=O)(=O)CC3CCCC3)CC2)C1. The van der Waals surface area contributed by atoms with Gasteiger partial charge >= 0.3 is 0 Å². The first-order valence-corrected chi connectivity index (χ1v) is 10.3. The molecular weight excluding hydrogens is 302 g/mol. The van der Waals surface area contributed by atoms with E-state index in [1.165, 1.54) is 12.8 Å². The quantitative estimate of drug-likeness (QED) is 0.858. The summed E-state index contributed by atoms with van der Waals surface area (Å²) in [6.07, 6.45) is 7.15. The molecular formula is C16H29NO4S. The topological polar surface area (TPSA) is 66.8 Å². The first-order chi connectivity index (χ1) is 10.3. The zero-order valence-electron chi connectivity index (χ0n) is 13.6. The lowest BCUT2D eigenvalue weighted by Gasteiger charge is -2.47. The van der Waals surface area contributed by atoms with Gasteiger partial charge in [-0.1, -0.05) is 12.8 Å². The highest BCUT2D eigenvalue weighted by Gasteiger charge is 2.46. The average Bonchev–Trinajstić information content (AvgIpc) is 2.90. The van der Waals surface area contributed by atoms with Gasteiger partial charge in [0, 0.05) is 19.5 Å². The van der Waals surface area contributed by atoms with Crippen molar-refractivity contribution in [3.05, 3.63) is 0 Å². The number of sulfonamides is 1. The molecule has 2 heterocycles. The molecule has 0 amide bonds. The van der Waals surface area contributed by atoms with Crippen LogP contribution in [0.25, 0.3) is 0 Å². The maximum absolute atomic E-state index is 12.6. The number of hydrogen-bond acceptors (Lipinski definition) is 4. The fourth-order valence-electron chi connectivity index (χ4n) is 4.39. The van der Waals surface area contributed by atoms with Crippen molar-refractivity contribution in [2.24, 2.45) is 5.92 Å². The van der Waals surface area contributed by atoms with Crippen LogP contribution >= 0.6 is 0 Å². The highest BCUT2D eigenvalue weighted by atomic mass is 32.2. The van der Waals surface area contributed by atoms with Crippen LogP contribution < -0.4 is 0 Å². The van der Waals surface area contributed by atoms with Gasteiger partial charge in [-0.25, -0.2) is 12.7 Å². The predicted octanol–water partition coefficient (Wildman–Crippen LogP) is 1.90. The molecule has 5 nitrogen and oxygen atoms in total. The molecule has 1 aliphatic carbocycles. The van der Waals surface area contributed by atoms with E-state index in [9.17, 15) is 13.5 Å². The largest absolute Gasteiger partial charge is 0.390 e. The van der Waals surface area contributed by atoms with Crippen LogP contribution in [0.15, 0.2) is 0 Å². The summed E-state index contributed by atoms with van der Waals surface area (Å²) in [5.41, 5.74) is -0.996. The zero-order chi connectivity index (χ0) is 15.8. The number of nitrogens with zero attached hydrogens (tertiary/aromatic N) is 1. The van der Waals surface area contributed by atoms with Gasteiger partial charge in [0.25, 0.3) is 0 Å². The van der Waals surface area contributed by atoms with E-state index < -0.39 is 15.6 Å². The van der Waals surface area contributed by atoms with E-state index in [0.29, 0.717) is 57.1 Å². The van der Waals surface area contributed by atoms with Crippen LogP contribution in [-0.2, 0) is 14.8 Å². The van der Waals surface area contributed by atoms with Gasteiger partial charge in [-0.05, 0) is 44.9 Å². The van der Waals surface area contributed by atoms with Gasteiger partial charge in [0.1, 0.15) is 0 Å². The van der Waals surface area contributed by atoms with Crippen molar-refractivity contribution in [2.75, 3.05) is 25.4 Å². The smallest absolute Gasteiger partial charge is 0.214 e. The van der Waals surface area contributed by atoms with E-state index in [1.807, 2.05) is 6.92 Å². The van der Waals surface area contributed by atoms with Crippen molar-refractivity contribution in [1.82, 2.24) is 4.31 Å². The third-order valence-electron chi connectivity index (χ3n) is 5.70. The third kappa shape index (κ3) is 3.66. The Morgan fingerprint density at radius 3 is 2.41 bits per heavy atom. The molecule has 128 valence electrons. The molecule has 0 aromatic heterocycles. The molecule has 0 aromatic rings. The first-order valence-electron chi connectivity index (χ1n) is 8.65. The zero-order valence-corrected chi connectivity index (χ0v) is 14.4. The second kappa shape index (κ2) is 6.04. The third-order valence-corrected chi connectivity index (χ3v) is 7.74. The Bertz CT molecular complexity index is 488. The maximum Gasteiger partial charge on any atom is 0.214 e. The lowest BCUT2D eigenvalue weighted by atomic mass is 9.78. The van der Waals surface area contributed by atoms with Crippen LogP contribution in [-0.4, -0.2) is 54.5 Å². The van der Waals surface area contributed by atoms with Gasteiger partial charge < -0.3 is 9.84 Å². The number of piperidine rings is 1. The summed E-state index contributed by atoms with van der Waals surface area (Å²) in [4.78, 5) is 0. The first kappa shape index (κ1) is 16.7. The van der Waals surface area contributed by atoms with E-state index in [0.717, 1.165) is 12.8 Å². The molecule has 2 saturated heterocycles. The average molecular weight is 331 g/mol. The Morgan fingerprint density at radius 1 is 1.18 bits per heavy atom. The number of rotatable bonds is 3. The highest BCUT2D eigenvalue weighted by molar-refractivity contribution is 7.89. The van der Waals surface area contributed by atoms with Crippen LogP contribution in [0, 0.1) is 5.92 Å². The van der Waals surface area contributed by atoms with Crippen LogP contribution in [0.4, 0.5) is 0 Å². The van der Waals surface area contributed by atoms with Crippen LogP contribution in [0.5, 0.6) is 0 Å². The van der Waals surface area contributed by atoms with Gasteiger partial charge in [0.2, 0.25) is 10.0 Å². The molecule has 2 aliphatic heterocycles. The molecule has 3 aliphatic rings. The van der Waals surface area contributed by atoms with Gasteiger partial charge in [-0.3, -0.25) is 0 Å². The summed E-state index contributed by atoms with van der Waals surface area (Å²) in [7, 11) is -3.14. The van der Waals surface area contributed by atoms with Gasteiger partial charge in [-0.15, -0.1) is 0 Å². The Hall–Kier alpha value is -0.170. The van der Waals surface area contributed by atoms with Crippen molar-refractivity contribution >= 4 is 10.0 Å². The minimum absolute atomic E-state index is 0.318. The molecule has 22 heavy (non-hydrogen) atoms. The molecule has 1 spiro atoms. The molecule has 1 N–H and O–H groups in total. The summed E-state index contributed by atoms with van der Waals surface area (Å²) in [5, 5.41) is 10.3. The van der Waals surface area contributed by atoms with Crippen LogP contribution in [0.2, 0.25) is 0 Å². The van der Waals surface area contributed by atoms with Crippen LogP contribution in [0.1, 0.15) is 58.3 Å². The van der Waals surface area contributed by atoms with E-state index in [4.69, 9.17) is 4.74 Å². The molecule has 0 bridgehead atoms. The number of hydrogen-bond donors (Lipinski definition) is 1. The number of ether oxygens (including phenoxy) is 1. The van der Waals surface area contributed by atoms with E-state index in [-0.39, 0.29) is 5.60 Å². The Kier molecular flexibility index (Phi) is 4.58. The maximum atomic E-state index is 12.6. The van der Waals surface area contributed by atoms with Crippen molar-refractivity contribution in [2.45, 2.75) is 69.5 Å². The monoisotopic (exact) mass is 331 g/mol. The molecule has 1 atom stereocenters. The minimum Gasteiger partial charge on any atom is -0.390 e. The van der Waals surface area contributed by atoms with Crippen molar-refractivity contribution in [3.8, 4) is 0 Å². The van der Waals surface area contributed by atoms with Crippen molar-refractivity contribution < 1.29 is 18.3 Å². The van der Waals surface area contributed by atoms with E-state index in [1.54, 1.807) is 4.31 Å². The molecule has 3 rings (SSSR count). The highest BCUT2D eigenvalue weighted by Crippen LogP contribution is 2.40. The fraction of sp³-hybridized carbons (Fsp3) is 1.00. The molecule has 1 unspecified atom stereocenters. The summed E-state index contributed by atoms with van der Waals surface area (Å²) in [6.45, 7) is 3.50. The normalized spacial score (nSPS) is 34.3. The van der Waals surface area contributed by atoms with Gasteiger partial charge in [0.15, 0.2) is 0 Å². The number of aliphatic hydroxyl groups is 1. The molecule has 0 aromatic carbocycles. The summed E-state index contributed by atoms with van der Waals surface area (Å²) in [5.74, 6) is 0.672. The summed E-state index contributed by atoms with van der Waals surface area (Å²) >= 11 is 0. The molecule has 0 radical (unpaired) electrons. The summed E-state index contributed by atoms with van der Waals surface area (Å²) in [6, 6.07) is 0. The standard InChI is InChI=1S/C16H29NO4S/c1-15(18)8-11-21-16(13-15)6-9-17(10-7-16)22(19,20)12-14-4-2-3-5-14/h14,18H,2-13H2,1H3. The van der Waals surface area contributed by atoms with Gasteiger partial charge in [-0.2, -0.15) is 0 Å². The molecule has 3 fully saturated rings. The summed E-state index contributed by atoms with van der Waals surface area (Å²) < 4.78 is 32.8. The van der Waals surface area contributed by atoms with E-state index >= 15 is 0 Å². The molecule has 6 heteroatoms. The van der Waals surface area contributed by atoms with Crippen LogP contribution in [0.3, 0.4) is 0 Å². The predicted molar refractivity (Wildman–Crippen MR) is 85.1 cm³/mol. The molecule has 1 saturated carbocycles. The van der Waals surface area contributed by atoms with Crippen molar-refractivity contribution in [1.29, 1.82) is 0 Å². The van der Waals surface area contributed by atoms with Gasteiger partial charge in [0.05, 0.1) is 23.6 Å². The Balaban J connectivity index is 1.59. The van der Waals surface area contributed by atoms with Crippen molar-refractivity contribution in [3.63, 3.8) is 0 Å². The Labute approximate surface area is 134 Å². The fourth-order valence-corrected chi connectivity index (χ4v) is 6.27. The second-order valence-electron chi connectivity index (χ2n) is 7.78. The second-order valence-corrected chi connectivity index (χ2v) is 9.80. The Morgan fingerprint density at radius 2 is 1.82 bits per heavy atom. The lowest BCUT2D eigenvalue weighted by Crippen LogP contribution is -2.54. The van der Waals surface area contributed by atoms with E-state index in [2.05, 4.69) is 0 Å².